The molecule has 0 amide bonds. The largest absolute Gasteiger partial charge is 0.416 e. The normalized spacial score (nSPS) is 11.3. The molecule has 0 saturated heterocycles. The SMILES string of the molecule is Fc1ccc(Nc2cnnc(Nc3ccc(C(F)(F)F)cc3)n2)cc1F. The third-order valence-electron chi connectivity index (χ3n) is 3.22. The van der Waals surface area contributed by atoms with E-state index in [1.165, 1.54) is 24.4 Å². The molecule has 0 aliphatic rings. The molecule has 10 heteroatoms. The van der Waals surface area contributed by atoms with Crippen LogP contribution in [0.3, 0.4) is 0 Å². The third-order valence-corrected chi connectivity index (χ3v) is 3.22. The van der Waals surface area contributed by atoms with E-state index in [0.29, 0.717) is 5.69 Å². The maximum absolute atomic E-state index is 13.2. The zero-order chi connectivity index (χ0) is 18.7. The fourth-order valence-corrected chi connectivity index (χ4v) is 2.01. The Labute approximate surface area is 143 Å². The average Bonchev–Trinajstić information content (AvgIpc) is 2.58. The van der Waals surface area contributed by atoms with Gasteiger partial charge in [-0.1, -0.05) is 0 Å². The number of alkyl halides is 3. The van der Waals surface area contributed by atoms with Gasteiger partial charge in [-0.05, 0) is 36.4 Å². The standard InChI is InChI=1S/C16H10F5N5/c17-12-6-5-11(7-13(12)18)23-14-8-22-26-15(25-14)24-10-3-1-9(2-4-10)16(19,20)21/h1-8H,(H2,23,24,25,26). The van der Waals surface area contributed by atoms with Crippen LogP contribution in [0, 0.1) is 11.6 Å². The molecule has 0 atom stereocenters. The van der Waals surface area contributed by atoms with Gasteiger partial charge in [-0.15, -0.1) is 5.10 Å². The fourth-order valence-electron chi connectivity index (χ4n) is 2.01. The summed E-state index contributed by atoms with van der Waals surface area (Å²) >= 11 is 0. The van der Waals surface area contributed by atoms with Crippen molar-refractivity contribution in [2.45, 2.75) is 6.18 Å². The molecule has 5 nitrogen and oxygen atoms in total. The first-order chi connectivity index (χ1) is 12.3. The number of rotatable bonds is 4. The van der Waals surface area contributed by atoms with E-state index in [-0.39, 0.29) is 17.5 Å². The van der Waals surface area contributed by atoms with Gasteiger partial charge in [0.15, 0.2) is 17.5 Å². The maximum atomic E-state index is 13.2. The minimum atomic E-state index is -4.43. The lowest BCUT2D eigenvalue weighted by Crippen LogP contribution is -2.05. The highest BCUT2D eigenvalue weighted by molar-refractivity contribution is 5.58. The van der Waals surface area contributed by atoms with Crippen molar-refractivity contribution in [3.8, 4) is 0 Å². The van der Waals surface area contributed by atoms with Crippen molar-refractivity contribution in [3.63, 3.8) is 0 Å². The topological polar surface area (TPSA) is 62.7 Å². The lowest BCUT2D eigenvalue weighted by molar-refractivity contribution is -0.137. The molecular formula is C16H10F5N5. The molecule has 0 radical (unpaired) electrons. The minimum absolute atomic E-state index is 0.0114. The smallest absolute Gasteiger partial charge is 0.339 e. The molecular weight excluding hydrogens is 357 g/mol. The highest BCUT2D eigenvalue weighted by atomic mass is 19.4. The molecule has 1 aromatic heterocycles. The molecule has 26 heavy (non-hydrogen) atoms. The van der Waals surface area contributed by atoms with Crippen LogP contribution in [-0.4, -0.2) is 15.2 Å². The van der Waals surface area contributed by atoms with Gasteiger partial charge in [-0.3, -0.25) is 0 Å². The second-order valence-corrected chi connectivity index (χ2v) is 5.12. The molecule has 134 valence electrons. The Morgan fingerprint density at radius 3 is 2.15 bits per heavy atom. The van der Waals surface area contributed by atoms with Crippen LogP contribution < -0.4 is 10.6 Å². The molecule has 0 saturated carbocycles. The molecule has 2 N–H and O–H groups in total. The van der Waals surface area contributed by atoms with Gasteiger partial charge in [0.1, 0.15) is 0 Å². The first-order valence-electron chi connectivity index (χ1n) is 7.17. The summed E-state index contributed by atoms with van der Waals surface area (Å²) in [6.45, 7) is 0. The summed E-state index contributed by atoms with van der Waals surface area (Å²) in [5, 5.41) is 12.8. The summed E-state index contributed by atoms with van der Waals surface area (Å²) in [6.07, 6.45) is -3.18. The van der Waals surface area contributed by atoms with E-state index in [1.54, 1.807) is 0 Å². The number of nitrogens with zero attached hydrogens (tertiary/aromatic N) is 3. The van der Waals surface area contributed by atoms with E-state index in [1.807, 2.05) is 0 Å². The first kappa shape index (κ1) is 17.5. The number of hydrogen-bond acceptors (Lipinski definition) is 5. The van der Waals surface area contributed by atoms with Crippen LogP contribution in [0.5, 0.6) is 0 Å². The molecule has 2 aromatic carbocycles. The number of nitrogens with one attached hydrogen (secondary N) is 2. The number of benzene rings is 2. The van der Waals surface area contributed by atoms with E-state index < -0.39 is 23.4 Å². The van der Waals surface area contributed by atoms with Crippen molar-refractivity contribution in [2.75, 3.05) is 10.6 Å². The van der Waals surface area contributed by atoms with E-state index in [4.69, 9.17) is 0 Å². The molecule has 0 bridgehead atoms. The second kappa shape index (κ2) is 6.90. The van der Waals surface area contributed by atoms with E-state index in [9.17, 15) is 22.0 Å². The van der Waals surface area contributed by atoms with E-state index in [0.717, 1.165) is 24.3 Å². The number of anilines is 4. The highest BCUT2D eigenvalue weighted by Crippen LogP contribution is 2.30. The van der Waals surface area contributed by atoms with Crippen LogP contribution in [-0.2, 0) is 6.18 Å². The Bertz CT molecular complexity index is 912. The predicted octanol–water partition coefficient (Wildman–Crippen LogP) is 4.66. The lowest BCUT2D eigenvalue weighted by Gasteiger charge is -2.09. The van der Waals surface area contributed by atoms with Crippen LogP contribution >= 0.6 is 0 Å². The van der Waals surface area contributed by atoms with Gasteiger partial charge < -0.3 is 10.6 Å². The molecule has 0 fully saturated rings. The minimum Gasteiger partial charge on any atom is -0.339 e. The second-order valence-electron chi connectivity index (χ2n) is 5.12. The van der Waals surface area contributed by atoms with Gasteiger partial charge in [0.2, 0.25) is 5.95 Å². The van der Waals surface area contributed by atoms with Crippen molar-refractivity contribution in [2.24, 2.45) is 0 Å². The maximum Gasteiger partial charge on any atom is 0.416 e. The van der Waals surface area contributed by atoms with Gasteiger partial charge in [-0.25, -0.2) is 8.78 Å². The summed E-state index contributed by atoms with van der Waals surface area (Å²) in [5.74, 6) is -1.82. The van der Waals surface area contributed by atoms with Crippen molar-refractivity contribution in [1.82, 2.24) is 15.2 Å². The van der Waals surface area contributed by atoms with Crippen molar-refractivity contribution in [1.29, 1.82) is 0 Å². The van der Waals surface area contributed by atoms with Crippen LogP contribution in [0.1, 0.15) is 5.56 Å². The van der Waals surface area contributed by atoms with Crippen LogP contribution in [0.25, 0.3) is 0 Å². The van der Waals surface area contributed by atoms with Crippen molar-refractivity contribution in [3.05, 3.63) is 65.9 Å². The molecule has 0 aliphatic carbocycles. The summed E-state index contributed by atoms with van der Waals surface area (Å²) < 4.78 is 63.8. The first-order valence-corrected chi connectivity index (χ1v) is 7.17. The van der Waals surface area contributed by atoms with Crippen LogP contribution in [0.2, 0.25) is 0 Å². The predicted molar refractivity (Wildman–Crippen MR) is 84.2 cm³/mol. The van der Waals surface area contributed by atoms with E-state index >= 15 is 0 Å². The monoisotopic (exact) mass is 367 g/mol. The van der Waals surface area contributed by atoms with Gasteiger partial charge >= 0.3 is 6.18 Å². The summed E-state index contributed by atoms with van der Waals surface area (Å²) in [6, 6.07) is 7.49. The van der Waals surface area contributed by atoms with Gasteiger partial charge in [0.25, 0.3) is 0 Å². The van der Waals surface area contributed by atoms with Crippen LogP contribution in [0.15, 0.2) is 48.7 Å². The molecule has 0 aliphatic heterocycles. The quantitative estimate of drug-likeness (QED) is 0.657. The molecule has 1 heterocycles. The molecule has 3 aromatic rings. The zero-order valence-electron chi connectivity index (χ0n) is 12.9. The van der Waals surface area contributed by atoms with Crippen molar-refractivity contribution < 1.29 is 22.0 Å². The summed E-state index contributed by atoms with van der Waals surface area (Å²) in [7, 11) is 0. The Morgan fingerprint density at radius 1 is 0.808 bits per heavy atom. The van der Waals surface area contributed by atoms with Gasteiger partial charge in [0, 0.05) is 17.4 Å². The molecule has 0 spiro atoms. The molecule has 3 rings (SSSR count). The average molecular weight is 367 g/mol. The Morgan fingerprint density at radius 2 is 1.50 bits per heavy atom. The summed E-state index contributed by atoms with van der Waals surface area (Å²) in [5.41, 5.74) is -0.217. The lowest BCUT2D eigenvalue weighted by atomic mass is 10.2. The highest BCUT2D eigenvalue weighted by Gasteiger charge is 2.29. The zero-order valence-corrected chi connectivity index (χ0v) is 12.9. The fraction of sp³-hybridized carbons (Fsp3) is 0.0625. The van der Waals surface area contributed by atoms with E-state index in [2.05, 4.69) is 25.8 Å². The Balaban J connectivity index is 1.73. The number of aromatic nitrogens is 3. The number of hydrogen-bond donors (Lipinski definition) is 2. The Hall–Kier alpha value is -3.30. The van der Waals surface area contributed by atoms with Gasteiger partial charge in [0.05, 0.1) is 11.8 Å². The number of halogens is 5. The summed E-state index contributed by atoms with van der Waals surface area (Å²) in [4.78, 5) is 4.05. The Kier molecular flexibility index (Phi) is 4.65. The molecule has 0 unspecified atom stereocenters. The van der Waals surface area contributed by atoms with Crippen molar-refractivity contribution >= 4 is 23.1 Å². The van der Waals surface area contributed by atoms with Gasteiger partial charge in [-0.2, -0.15) is 23.3 Å². The van der Waals surface area contributed by atoms with Crippen LogP contribution in [0.4, 0.5) is 45.1 Å². The third kappa shape index (κ3) is 4.21.